The van der Waals surface area contributed by atoms with E-state index in [0.29, 0.717) is 16.5 Å². The van der Waals surface area contributed by atoms with Gasteiger partial charge in [-0.2, -0.15) is 0 Å². The Morgan fingerprint density at radius 1 is 1.05 bits per heavy atom. The van der Waals surface area contributed by atoms with Crippen molar-refractivity contribution in [1.82, 2.24) is 0 Å². The average molecular weight is 296 g/mol. The lowest BCUT2D eigenvalue weighted by atomic mass is 10.2. The minimum Gasteiger partial charge on any atom is -0.381 e. The van der Waals surface area contributed by atoms with Crippen LogP contribution in [0.2, 0.25) is 5.02 Å². The summed E-state index contributed by atoms with van der Waals surface area (Å²) in [5.41, 5.74) is 1.85. The Hall–Kier alpha value is -1.52. The van der Waals surface area contributed by atoms with E-state index in [2.05, 4.69) is 5.32 Å². The maximum absolute atomic E-state index is 11.3. The molecule has 0 aliphatic heterocycles. The zero-order chi connectivity index (χ0) is 13.9. The van der Waals surface area contributed by atoms with Crippen LogP contribution >= 0.6 is 11.6 Å². The predicted octanol–water partition coefficient (Wildman–Crippen LogP) is 3.36. The maximum atomic E-state index is 11.3. The molecule has 0 bridgehead atoms. The highest BCUT2D eigenvalue weighted by molar-refractivity contribution is 7.90. The highest BCUT2D eigenvalue weighted by atomic mass is 35.5. The molecule has 19 heavy (non-hydrogen) atoms. The molecule has 3 nitrogen and oxygen atoms in total. The molecule has 1 N–H and O–H groups in total. The monoisotopic (exact) mass is 295 g/mol. The third-order valence-corrected chi connectivity index (χ3v) is 4.22. The fourth-order valence-corrected chi connectivity index (χ4v) is 2.49. The number of sulfone groups is 1. The van der Waals surface area contributed by atoms with E-state index >= 15 is 0 Å². The van der Waals surface area contributed by atoms with Crippen LogP contribution < -0.4 is 5.32 Å². The zero-order valence-electron chi connectivity index (χ0n) is 10.4. The first-order valence-corrected chi connectivity index (χ1v) is 8.01. The molecule has 0 saturated carbocycles. The molecular formula is C14H14ClNO2S. The van der Waals surface area contributed by atoms with Crippen molar-refractivity contribution in [3.63, 3.8) is 0 Å². The zero-order valence-corrected chi connectivity index (χ0v) is 12.0. The second-order valence-corrected chi connectivity index (χ2v) is 6.66. The van der Waals surface area contributed by atoms with Gasteiger partial charge in [0.2, 0.25) is 0 Å². The van der Waals surface area contributed by atoms with Gasteiger partial charge in [-0.1, -0.05) is 29.8 Å². The van der Waals surface area contributed by atoms with E-state index in [9.17, 15) is 8.42 Å². The van der Waals surface area contributed by atoms with E-state index in [0.717, 1.165) is 11.3 Å². The third kappa shape index (κ3) is 3.72. The summed E-state index contributed by atoms with van der Waals surface area (Å²) in [5, 5.41) is 3.91. The molecule has 0 unspecified atom stereocenters. The standard InChI is InChI=1S/C14H14ClNO2S/c1-19(17,18)13-8-6-12(7-9-13)16-10-11-4-2-3-5-14(11)15/h2-9,16H,10H2,1H3. The van der Waals surface area contributed by atoms with Crippen molar-refractivity contribution in [2.24, 2.45) is 0 Å². The van der Waals surface area contributed by atoms with Crippen molar-refractivity contribution in [2.45, 2.75) is 11.4 Å². The van der Waals surface area contributed by atoms with Crippen LogP contribution in [0.15, 0.2) is 53.4 Å². The van der Waals surface area contributed by atoms with Crippen LogP contribution in [0.5, 0.6) is 0 Å². The highest BCUT2D eigenvalue weighted by Gasteiger charge is 2.06. The van der Waals surface area contributed by atoms with Crippen LogP contribution in [0.25, 0.3) is 0 Å². The van der Waals surface area contributed by atoms with Crippen LogP contribution in [0.4, 0.5) is 5.69 Å². The molecule has 0 aromatic heterocycles. The molecule has 2 rings (SSSR count). The Labute approximate surface area is 118 Å². The van der Waals surface area contributed by atoms with Crippen LogP contribution in [-0.4, -0.2) is 14.7 Å². The largest absolute Gasteiger partial charge is 0.381 e. The van der Waals surface area contributed by atoms with Crippen molar-refractivity contribution in [2.75, 3.05) is 11.6 Å². The summed E-state index contributed by atoms with van der Waals surface area (Å²) in [6.45, 7) is 0.595. The SMILES string of the molecule is CS(=O)(=O)c1ccc(NCc2ccccc2Cl)cc1. The number of rotatable bonds is 4. The Balaban J connectivity index is 2.07. The van der Waals surface area contributed by atoms with Gasteiger partial charge in [0.15, 0.2) is 9.84 Å². The normalized spacial score (nSPS) is 11.3. The van der Waals surface area contributed by atoms with Gasteiger partial charge >= 0.3 is 0 Å². The molecule has 2 aromatic carbocycles. The summed E-state index contributed by atoms with van der Waals surface area (Å²) in [7, 11) is -3.14. The van der Waals surface area contributed by atoms with E-state index in [1.165, 1.54) is 6.26 Å². The number of benzene rings is 2. The number of halogens is 1. The first-order valence-electron chi connectivity index (χ1n) is 5.74. The molecule has 0 spiro atoms. The fourth-order valence-electron chi connectivity index (χ4n) is 1.66. The van der Waals surface area contributed by atoms with Gasteiger partial charge in [0.1, 0.15) is 0 Å². The summed E-state index contributed by atoms with van der Waals surface area (Å²) in [6, 6.07) is 14.3. The van der Waals surface area contributed by atoms with Crippen LogP contribution in [-0.2, 0) is 16.4 Å². The minimum atomic E-state index is -3.14. The van der Waals surface area contributed by atoms with Gasteiger partial charge in [-0.05, 0) is 35.9 Å². The summed E-state index contributed by atoms with van der Waals surface area (Å²) >= 11 is 6.06. The van der Waals surface area contributed by atoms with Gasteiger partial charge in [-0.15, -0.1) is 0 Å². The molecule has 100 valence electrons. The number of anilines is 1. The molecule has 0 amide bonds. The van der Waals surface area contributed by atoms with Crippen LogP contribution in [0.1, 0.15) is 5.56 Å². The second-order valence-electron chi connectivity index (χ2n) is 4.24. The summed E-state index contributed by atoms with van der Waals surface area (Å²) in [4.78, 5) is 0.316. The number of nitrogens with one attached hydrogen (secondary N) is 1. The Morgan fingerprint density at radius 2 is 1.68 bits per heavy atom. The van der Waals surface area contributed by atoms with Crippen LogP contribution in [0, 0.1) is 0 Å². The first-order chi connectivity index (χ1) is 8.97. The lowest BCUT2D eigenvalue weighted by molar-refractivity contribution is 0.602. The molecule has 5 heteroatoms. The van der Waals surface area contributed by atoms with Gasteiger partial charge in [0.25, 0.3) is 0 Å². The quantitative estimate of drug-likeness (QED) is 0.941. The predicted molar refractivity (Wildman–Crippen MR) is 78.3 cm³/mol. The summed E-state index contributed by atoms with van der Waals surface area (Å²) in [6.07, 6.45) is 1.19. The number of hydrogen-bond acceptors (Lipinski definition) is 3. The Kier molecular flexibility index (Phi) is 4.12. The van der Waals surface area contributed by atoms with Crippen molar-refractivity contribution in [3.05, 3.63) is 59.1 Å². The molecule has 0 fully saturated rings. The van der Waals surface area contributed by atoms with Gasteiger partial charge in [0.05, 0.1) is 4.90 Å². The molecule has 2 aromatic rings. The van der Waals surface area contributed by atoms with Gasteiger partial charge in [-0.3, -0.25) is 0 Å². The Morgan fingerprint density at radius 3 is 2.26 bits per heavy atom. The van der Waals surface area contributed by atoms with E-state index in [-0.39, 0.29) is 0 Å². The smallest absolute Gasteiger partial charge is 0.175 e. The molecule has 0 radical (unpaired) electrons. The van der Waals surface area contributed by atoms with Crippen molar-refractivity contribution in [1.29, 1.82) is 0 Å². The van der Waals surface area contributed by atoms with E-state index < -0.39 is 9.84 Å². The second kappa shape index (κ2) is 5.63. The van der Waals surface area contributed by atoms with Gasteiger partial charge < -0.3 is 5.32 Å². The summed E-state index contributed by atoms with van der Waals surface area (Å²) < 4.78 is 22.7. The maximum Gasteiger partial charge on any atom is 0.175 e. The van der Waals surface area contributed by atoms with E-state index in [4.69, 9.17) is 11.6 Å². The lowest BCUT2D eigenvalue weighted by Gasteiger charge is -2.08. The topological polar surface area (TPSA) is 46.2 Å². The van der Waals surface area contributed by atoms with Crippen molar-refractivity contribution < 1.29 is 8.42 Å². The molecule has 0 aliphatic rings. The summed E-state index contributed by atoms with van der Waals surface area (Å²) in [5.74, 6) is 0. The molecular weight excluding hydrogens is 282 g/mol. The average Bonchev–Trinajstić information content (AvgIpc) is 2.37. The lowest BCUT2D eigenvalue weighted by Crippen LogP contribution is -2.01. The molecule has 0 heterocycles. The first kappa shape index (κ1) is 13.9. The third-order valence-electron chi connectivity index (χ3n) is 2.72. The molecule has 0 atom stereocenters. The van der Waals surface area contributed by atoms with Crippen molar-refractivity contribution >= 4 is 27.1 Å². The fraction of sp³-hybridized carbons (Fsp3) is 0.143. The molecule has 0 aliphatic carbocycles. The van der Waals surface area contributed by atoms with Gasteiger partial charge in [-0.25, -0.2) is 8.42 Å². The van der Waals surface area contributed by atoms with Crippen LogP contribution in [0.3, 0.4) is 0 Å². The van der Waals surface area contributed by atoms with Crippen molar-refractivity contribution in [3.8, 4) is 0 Å². The van der Waals surface area contributed by atoms with Gasteiger partial charge in [0, 0.05) is 23.5 Å². The van der Waals surface area contributed by atoms with E-state index in [1.54, 1.807) is 24.3 Å². The highest BCUT2D eigenvalue weighted by Crippen LogP contribution is 2.18. The minimum absolute atomic E-state index is 0.316. The molecule has 0 saturated heterocycles. The van der Waals surface area contributed by atoms with E-state index in [1.807, 2.05) is 24.3 Å². The Bertz CT molecular complexity index is 666. The number of hydrogen-bond donors (Lipinski definition) is 1.